The van der Waals surface area contributed by atoms with Gasteiger partial charge in [-0.25, -0.2) is 4.68 Å². The second kappa shape index (κ2) is 4.70. The van der Waals surface area contributed by atoms with Crippen LogP contribution in [-0.4, -0.2) is 9.78 Å². The predicted molar refractivity (Wildman–Crippen MR) is 70.0 cm³/mol. The summed E-state index contributed by atoms with van der Waals surface area (Å²) in [5, 5.41) is 4.00. The molecule has 2 heterocycles. The average Bonchev–Trinajstić information content (AvgIpc) is 3.10. The van der Waals surface area contributed by atoms with E-state index in [0.717, 1.165) is 17.0 Å². The van der Waals surface area contributed by atoms with E-state index in [1.54, 1.807) is 17.1 Å². The van der Waals surface area contributed by atoms with Crippen LogP contribution >= 0.6 is 11.6 Å². The van der Waals surface area contributed by atoms with E-state index in [1.165, 1.54) is 0 Å². The van der Waals surface area contributed by atoms with Crippen LogP contribution in [0.5, 0.6) is 0 Å². The third kappa shape index (κ3) is 2.05. The third-order valence-electron chi connectivity index (χ3n) is 2.71. The highest BCUT2D eigenvalue weighted by atomic mass is 35.5. The highest BCUT2D eigenvalue weighted by Gasteiger charge is 2.15. The Hall–Kier alpha value is -2.00. The number of alkyl halides is 1. The zero-order valence-corrected chi connectivity index (χ0v) is 10.3. The van der Waals surface area contributed by atoms with Gasteiger partial charge in [-0.3, -0.25) is 0 Å². The molecule has 0 spiro atoms. The number of para-hydroxylation sites is 1. The monoisotopic (exact) mass is 258 g/mol. The number of furan rings is 1. The van der Waals surface area contributed by atoms with Crippen molar-refractivity contribution < 1.29 is 4.42 Å². The number of hydrogen-bond acceptors (Lipinski definition) is 2. The lowest BCUT2D eigenvalue weighted by molar-refractivity contribution is 0.516. The first-order valence-corrected chi connectivity index (χ1v) is 6.06. The Kier molecular flexibility index (Phi) is 2.90. The molecule has 3 aromatic rings. The van der Waals surface area contributed by atoms with Crippen LogP contribution in [-0.2, 0) is 0 Å². The maximum absolute atomic E-state index is 6.33. The summed E-state index contributed by atoms with van der Waals surface area (Å²) < 4.78 is 7.09. The van der Waals surface area contributed by atoms with Crippen LogP contribution in [0, 0.1) is 0 Å². The van der Waals surface area contributed by atoms with Gasteiger partial charge in [0.2, 0.25) is 0 Å². The molecule has 1 atom stereocenters. The van der Waals surface area contributed by atoms with Gasteiger partial charge in [-0.1, -0.05) is 18.2 Å². The molecule has 3 rings (SSSR count). The highest BCUT2D eigenvalue weighted by molar-refractivity contribution is 6.22. The number of hydrogen-bond donors (Lipinski definition) is 0. The normalized spacial score (nSPS) is 12.5. The number of halogens is 1. The van der Waals surface area contributed by atoms with Crippen LogP contribution in [0.2, 0.25) is 0 Å². The smallest absolute Gasteiger partial charge is 0.126 e. The average molecular weight is 259 g/mol. The van der Waals surface area contributed by atoms with Gasteiger partial charge in [-0.2, -0.15) is 5.10 Å². The lowest BCUT2D eigenvalue weighted by Crippen LogP contribution is -1.93. The SMILES string of the molecule is ClC(c1cnn(-c2ccccc2)c1)c1ccco1. The second-order valence-electron chi connectivity index (χ2n) is 3.93. The van der Waals surface area contributed by atoms with Crippen molar-refractivity contribution in [3.63, 3.8) is 0 Å². The number of rotatable bonds is 3. The molecule has 4 heteroatoms. The molecule has 0 saturated carbocycles. The van der Waals surface area contributed by atoms with E-state index in [-0.39, 0.29) is 5.38 Å². The first-order chi connectivity index (χ1) is 8.84. The van der Waals surface area contributed by atoms with Crippen LogP contribution < -0.4 is 0 Å². The molecule has 18 heavy (non-hydrogen) atoms. The molecule has 0 aliphatic carbocycles. The Bertz CT molecular complexity index is 616. The molecule has 0 saturated heterocycles. The summed E-state index contributed by atoms with van der Waals surface area (Å²) in [5.74, 6) is 0.726. The molecule has 0 aliphatic rings. The van der Waals surface area contributed by atoms with Crippen molar-refractivity contribution in [2.24, 2.45) is 0 Å². The van der Waals surface area contributed by atoms with Crippen LogP contribution in [0.3, 0.4) is 0 Å². The predicted octanol–water partition coefficient (Wildman–Crippen LogP) is 3.79. The lowest BCUT2D eigenvalue weighted by Gasteiger charge is -2.02. The molecule has 1 aromatic carbocycles. The summed E-state index contributed by atoms with van der Waals surface area (Å²) in [6, 6.07) is 13.6. The minimum absolute atomic E-state index is 0.308. The third-order valence-corrected chi connectivity index (χ3v) is 3.18. The fraction of sp³-hybridized carbons (Fsp3) is 0.0714. The minimum Gasteiger partial charge on any atom is -0.467 e. The van der Waals surface area contributed by atoms with Crippen molar-refractivity contribution in [3.05, 3.63) is 72.4 Å². The summed E-state index contributed by atoms with van der Waals surface area (Å²) in [6.07, 6.45) is 5.29. The van der Waals surface area contributed by atoms with Crippen molar-refractivity contribution in [2.45, 2.75) is 5.38 Å². The van der Waals surface area contributed by atoms with Gasteiger partial charge in [0.25, 0.3) is 0 Å². The topological polar surface area (TPSA) is 31.0 Å². The van der Waals surface area contributed by atoms with E-state index in [4.69, 9.17) is 16.0 Å². The van der Waals surface area contributed by atoms with Crippen molar-refractivity contribution in [1.82, 2.24) is 9.78 Å². The first-order valence-electron chi connectivity index (χ1n) is 5.62. The quantitative estimate of drug-likeness (QED) is 0.669. The maximum atomic E-state index is 6.33. The fourth-order valence-corrected chi connectivity index (χ4v) is 2.03. The van der Waals surface area contributed by atoms with E-state index in [2.05, 4.69) is 5.10 Å². The molecule has 0 bridgehead atoms. The Labute approximate surface area is 110 Å². The van der Waals surface area contributed by atoms with Crippen molar-refractivity contribution >= 4 is 11.6 Å². The van der Waals surface area contributed by atoms with Gasteiger partial charge in [0.05, 0.1) is 18.1 Å². The molecule has 2 aromatic heterocycles. The van der Waals surface area contributed by atoms with Gasteiger partial charge in [0.15, 0.2) is 0 Å². The summed E-state index contributed by atoms with van der Waals surface area (Å²) in [6.45, 7) is 0. The molecule has 0 N–H and O–H groups in total. The van der Waals surface area contributed by atoms with Crippen molar-refractivity contribution in [2.75, 3.05) is 0 Å². The first kappa shape index (κ1) is 11.1. The van der Waals surface area contributed by atoms with E-state index in [0.29, 0.717) is 0 Å². The Morgan fingerprint density at radius 1 is 1.11 bits per heavy atom. The molecule has 0 fully saturated rings. The molecule has 0 amide bonds. The van der Waals surface area contributed by atoms with Crippen molar-refractivity contribution in [3.8, 4) is 5.69 Å². The van der Waals surface area contributed by atoms with Crippen LogP contribution in [0.1, 0.15) is 16.7 Å². The van der Waals surface area contributed by atoms with Gasteiger partial charge in [-0.15, -0.1) is 11.6 Å². The van der Waals surface area contributed by atoms with E-state index < -0.39 is 0 Å². The van der Waals surface area contributed by atoms with E-state index in [1.807, 2.05) is 48.7 Å². The molecule has 0 radical (unpaired) electrons. The molecule has 3 nitrogen and oxygen atoms in total. The molecule has 0 aliphatic heterocycles. The zero-order valence-electron chi connectivity index (χ0n) is 9.53. The van der Waals surface area contributed by atoms with Gasteiger partial charge in [-0.05, 0) is 24.3 Å². The lowest BCUT2D eigenvalue weighted by atomic mass is 10.2. The molecular weight excluding hydrogens is 248 g/mol. The maximum Gasteiger partial charge on any atom is 0.126 e. The van der Waals surface area contributed by atoms with Gasteiger partial charge in [0.1, 0.15) is 11.1 Å². The van der Waals surface area contributed by atoms with E-state index >= 15 is 0 Å². The Morgan fingerprint density at radius 2 is 1.94 bits per heavy atom. The van der Waals surface area contributed by atoms with Gasteiger partial charge >= 0.3 is 0 Å². The Balaban J connectivity index is 1.90. The fourth-order valence-electron chi connectivity index (χ4n) is 1.79. The minimum atomic E-state index is -0.308. The van der Waals surface area contributed by atoms with Crippen molar-refractivity contribution in [1.29, 1.82) is 0 Å². The molecule has 90 valence electrons. The summed E-state index contributed by atoms with van der Waals surface area (Å²) in [7, 11) is 0. The van der Waals surface area contributed by atoms with Gasteiger partial charge < -0.3 is 4.42 Å². The second-order valence-corrected chi connectivity index (χ2v) is 4.37. The summed E-state index contributed by atoms with van der Waals surface area (Å²) >= 11 is 6.33. The number of aromatic nitrogens is 2. The highest BCUT2D eigenvalue weighted by Crippen LogP contribution is 2.28. The van der Waals surface area contributed by atoms with Crippen LogP contribution in [0.4, 0.5) is 0 Å². The largest absolute Gasteiger partial charge is 0.467 e. The van der Waals surface area contributed by atoms with Crippen LogP contribution in [0.25, 0.3) is 5.69 Å². The molecular formula is C14H11ClN2O. The Morgan fingerprint density at radius 3 is 2.67 bits per heavy atom. The van der Waals surface area contributed by atoms with E-state index in [9.17, 15) is 0 Å². The molecule has 1 unspecified atom stereocenters. The summed E-state index contributed by atoms with van der Waals surface area (Å²) in [4.78, 5) is 0. The standard InChI is InChI=1S/C14H11ClN2O/c15-14(13-7-4-8-18-13)11-9-16-17(10-11)12-5-2-1-3-6-12/h1-10,14H. The number of nitrogens with zero attached hydrogens (tertiary/aromatic N) is 2. The number of benzene rings is 1. The zero-order chi connectivity index (χ0) is 12.4. The van der Waals surface area contributed by atoms with Gasteiger partial charge in [0, 0.05) is 11.8 Å². The van der Waals surface area contributed by atoms with Crippen LogP contribution in [0.15, 0.2) is 65.5 Å². The summed E-state index contributed by atoms with van der Waals surface area (Å²) in [5.41, 5.74) is 1.92.